The molecule has 1 heterocycles. The molecule has 1 aromatic carbocycles. The van der Waals surface area contributed by atoms with E-state index >= 15 is 0 Å². The van der Waals surface area contributed by atoms with Crippen LogP contribution in [0.5, 0.6) is 0 Å². The lowest BCUT2D eigenvalue weighted by Gasteiger charge is -2.25. The third-order valence-corrected chi connectivity index (χ3v) is 5.42. The lowest BCUT2D eigenvalue weighted by Crippen LogP contribution is -2.40. The van der Waals surface area contributed by atoms with Crippen LogP contribution in [0.3, 0.4) is 0 Å². The monoisotopic (exact) mass is 391 g/mol. The average Bonchev–Trinajstić information content (AvgIpc) is 2.59. The number of nitrogens with zero attached hydrogens (tertiary/aromatic N) is 2. The van der Waals surface area contributed by atoms with Gasteiger partial charge < -0.3 is 5.32 Å². The highest BCUT2D eigenvalue weighted by atomic mass is 79.9. The number of hydrogen-bond donors (Lipinski definition) is 1. The number of aromatic nitrogens is 2. The molecule has 2 aromatic rings. The summed E-state index contributed by atoms with van der Waals surface area (Å²) in [5.41, 5.74) is 0.434. The maximum atomic E-state index is 12.6. The standard InChI is InChI=1S/C18H22BrN3O2/c1-21-17(23)11-16(20-14-8-3-2-4-9-14)22(18(21)24)12-13-7-5-6-10-15(13)19/h5-7,10-11,14,20H,2-4,8-9,12H2,1H3. The summed E-state index contributed by atoms with van der Waals surface area (Å²) in [6.45, 7) is 0.420. The second-order valence-corrected chi connectivity index (χ2v) is 7.22. The number of anilines is 1. The minimum atomic E-state index is -0.295. The van der Waals surface area contributed by atoms with Crippen molar-refractivity contribution in [1.29, 1.82) is 0 Å². The molecular formula is C18H22BrN3O2. The summed E-state index contributed by atoms with van der Waals surface area (Å²) in [5, 5.41) is 3.43. The van der Waals surface area contributed by atoms with Crippen LogP contribution in [0.4, 0.5) is 5.82 Å². The van der Waals surface area contributed by atoms with Crippen molar-refractivity contribution in [3.63, 3.8) is 0 Å². The molecule has 0 aliphatic heterocycles. The van der Waals surface area contributed by atoms with Crippen LogP contribution < -0.4 is 16.6 Å². The van der Waals surface area contributed by atoms with E-state index in [-0.39, 0.29) is 11.2 Å². The third kappa shape index (κ3) is 3.64. The Hall–Kier alpha value is -1.82. The van der Waals surface area contributed by atoms with Crippen LogP contribution in [-0.4, -0.2) is 15.2 Å². The lowest BCUT2D eigenvalue weighted by molar-refractivity contribution is 0.459. The fraction of sp³-hybridized carbons (Fsp3) is 0.444. The van der Waals surface area contributed by atoms with Crippen LogP contribution in [0.25, 0.3) is 0 Å². The third-order valence-electron chi connectivity index (χ3n) is 4.64. The van der Waals surface area contributed by atoms with Crippen molar-refractivity contribution in [3.05, 3.63) is 61.2 Å². The molecule has 0 bridgehead atoms. The normalized spacial score (nSPS) is 15.4. The SMILES string of the molecule is Cn1c(=O)cc(NC2CCCCC2)n(Cc2ccccc2Br)c1=O. The van der Waals surface area contributed by atoms with E-state index in [0.717, 1.165) is 27.4 Å². The Balaban J connectivity index is 1.99. The van der Waals surface area contributed by atoms with Gasteiger partial charge in [0.25, 0.3) is 5.56 Å². The Kier molecular flexibility index (Phi) is 5.23. The highest BCUT2D eigenvalue weighted by Gasteiger charge is 2.17. The molecule has 5 nitrogen and oxygen atoms in total. The maximum Gasteiger partial charge on any atom is 0.332 e. The molecule has 1 aliphatic rings. The highest BCUT2D eigenvalue weighted by Crippen LogP contribution is 2.22. The molecule has 0 amide bonds. The molecule has 0 atom stereocenters. The predicted molar refractivity (Wildman–Crippen MR) is 99.7 cm³/mol. The fourth-order valence-electron chi connectivity index (χ4n) is 3.20. The first kappa shape index (κ1) is 17.0. The molecule has 24 heavy (non-hydrogen) atoms. The number of halogens is 1. The van der Waals surface area contributed by atoms with Gasteiger partial charge in [-0.3, -0.25) is 13.9 Å². The Morgan fingerprint density at radius 1 is 1.17 bits per heavy atom. The summed E-state index contributed by atoms with van der Waals surface area (Å²) in [6.07, 6.45) is 5.81. The van der Waals surface area contributed by atoms with Gasteiger partial charge >= 0.3 is 5.69 Å². The molecule has 128 valence electrons. The summed E-state index contributed by atoms with van der Waals surface area (Å²) >= 11 is 3.53. The molecular weight excluding hydrogens is 370 g/mol. The van der Waals surface area contributed by atoms with E-state index in [0.29, 0.717) is 18.4 Å². The van der Waals surface area contributed by atoms with Crippen LogP contribution >= 0.6 is 15.9 Å². The summed E-state index contributed by atoms with van der Waals surface area (Å²) < 4.78 is 3.76. The zero-order valence-corrected chi connectivity index (χ0v) is 15.4. The first-order chi connectivity index (χ1) is 11.6. The Morgan fingerprint density at radius 2 is 1.88 bits per heavy atom. The van der Waals surface area contributed by atoms with Crippen LogP contribution in [0.2, 0.25) is 0 Å². The van der Waals surface area contributed by atoms with E-state index < -0.39 is 0 Å². The van der Waals surface area contributed by atoms with Gasteiger partial charge in [-0.1, -0.05) is 53.4 Å². The van der Waals surface area contributed by atoms with Crippen molar-refractivity contribution in [2.75, 3.05) is 5.32 Å². The van der Waals surface area contributed by atoms with Gasteiger partial charge in [-0.2, -0.15) is 0 Å². The zero-order valence-electron chi connectivity index (χ0n) is 13.8. The quantitative estimate of drug-likeness (QED) is 0.870. The van der Waals surface area contributed by atoms with Crippen molar-refractivity contribution in [1.82, 2.24) is 9.13 Å². The molecule has 1 saturated carbocycles. The summed E-state index contributed by atoms with van der Waals surface area (Å²) in [6, 6.07) is 9.69. The minimum Gasteiger partial charge on any atom is -0.368 e. The molecule has 1 aliphatic carbocycles. The van der Waals surface area contributed by atoms with Gasteiger partial charge in [-0.25, -0.2) is 4.79 Å². The van der Waals surface area contributed by atoms with Crippen LogP contribution in [0.1, 0.15) is 37.7 Å². The van der Waals surface area contributed by atoms with Crippen molar-refractivity contribution in [2.45, 2.75) is 44.7 Å². The number of hydrogen-bond acceptors (Lipinski definition) is 3. The minimum absolute atomic E-state index is 0.276. The van der Waals surface area contributed by atoms with Gasteiger partial charge in [0.2, 0.25) is 0 Å². The molecule has 0 spiro atoms. The molecule has 1 aromatic heterocycles. The van der Waals surface area contributed by atoms with Gasteiger partial charge in [-0.05, 0) is 24.5 Å². The molecule has 0 unspecified atom stereocenters. The molecule has 3 rings (SSSR count). The van der Waals surface area contributed by atoms with Crippen molar-refractivity contribution < 1.29 is 0 Å². The number of benzene rings is 1. The van der Waals surface area contributed by atoms with Gasteiger partial charge in [0, 0.05) is 23.6 Å². The number of rotatable bonds is 4. The number of nitrogens with one attached hydrogen (secondary N) is 1. The lowest BCUT2D eigenvalue weighted by atomic mass is 9.95. The first-order valence-electron chi connectivity index (χ1n) is 8.37. The molecule has 0 radical (unpaired) electrons. The van der Waals surface area contributed by atoms with Crippen LogP contribution in [0.15, 0.2) is 44.4 Å². The van der Waals surface area contributed by atoms with Crippen molar-refractivity contribution in [3.8, 4) is 0 Å². The van der Waals surface area contributed by atoms with Crippen molar-refractivity contribution >= 4 is 21.7 Å². The van der Waals surface area contributed by atoms with Crippen LogP contribution in [0, 0.1) is 0 Å². The topological polar surface area (TPSA) is 56.0 Å². The maximum absolute atomic E-state index is 12.6. The van der Waals surface area contributed by atoms with Gasteiger partial charge in [0.15, 0.2) is 0 Å². The molecule has 6 heteroatoms. The first-order valence-corrected chi connectivity index (χ1v) is 9.16. The zero-order chi connectivity index (χ0) is 17.1. The summed E-state index contributed by atoms with van der Waals surface area (Å²) in [5.74, 6) is 0.616. The predicted octanol–water partition coefficient (Wildman–Crippen LogP) is 3.10. The van der Waals surface area contributed by atoms with E-state index in [1.807, 2.05) is 24.3 Å². The molecule has 0 saturated heterocycles. The van der Waals surface area contributed by atoms with E-state index in [1.165, 1.54) is 32.4 Å². The highest BCUT2D eigenvalue weighted by molar-refractivity contribution is 9.10. The Labute approximate surface area is 149 Å². The van der Waals surface area contributed by atoms with Gasteiger partial charge in [-0.15, -0.1) is 0 Å². The van der Waals surface area contributed by atoms with E-state index in [1.54, 1.807) is 4.57 Å². The average molecular weight is 392 g/mol. The largest absolute Gasteiger partial charge is 0.368 e. The summed E-state index contributed by atoms with van der Waals surface area (Å²) in [4.78, 5) is 24.7. The Morgan fingerprint density at radius 3 is 2.58 bits per heavy atom. The summed E-state index contributed by atoms with van der Waals surface area (Å²) in [7, 11) is 1.52. The van der Waals surface area contributed by atoms with Gasteiger partial charge in [0.1, 0.15) is 5.82 Å². The van der Waals surface area contributed by atoms with E-state index in [4.69, 9.17) is 0 Å². The Bertz CT molecular complexity index is 835. The molecule has 1 fully saturated rings. The van der Waals surface area contributed by atoms with Crippen molar-refractivity contribution in [2.24, 2.45) is 7.05 Å². The fourth-order valence-corrected chi connectivity index (χ4v) is 3.61. The van der Waals surface area contributed by atoms with Gasteiger partial charge in [0.05, 0.1) is 6.54 Å². The van der Waals surface area contributed by atoms with E-state index in [9.17, 15) is 9.59 Å². The second-order valence-electron chi connectivity index (χ2n) is 6.37. The molecule has 1 N–H and O–H groups in total. The van der Waals surface area contributed by atoms with Crippen LogP contribution in [-0.2, 0) is 13.6 Å². The smallest absolute Gasteiger partial charge is 0.332 e. The van der Waals surface area contributed by atoms with E-state index in [2.05, 4.69) is 21.2 Å². The second kappa shape index (κ2) is 7.38.